The van der Waals surface area contributed by atoms with E-state index in [2.05, 4.69) is 22.2 Å². The van der Waals surface area contributed by atoms with Crippen molar-refractivity contribution in [2.24, 2.45) is 0 Å². The lowest BCUT2D eigenvalue weighted by Crippen LogP contribution is -2.29. The van der Waals surface area contributed by atoms with Gasteiger partial charge < -0.3 is 20.5 Å². The molecule has 0 radical (unpaired) electrons. The van der Waals surface area contributed by atoms with Crippen LogP contribution in [0.2, 0.25) is 0 Å². The van der Waals surface area contributed by atoms with E-state index in [0.29, 0.717) is 19.4 Å². The normalized spacial score (nSPS) is 24.6. The summed E-state index contributed by atoms with van der Waals surface area (Å²) in [7, 11) is 1.64. The Balaban J connectivity index is 0.000000303. The predicted octanol–water partition coefficient (Wildman–Crippen LogP) is 0.0237. The van der Waals surface area contributed by atoms with E-state index in [1.807, 2.05) is 0 Å². The van der Waals surface area contributed by atoms with Crippen LogP contribution in [0.3, 0.4) is 0 Å². The zero-order valence-electron chi connectivity index (χ0n) is 11.4. The Bertz CT molecular complexity index is 276. The molecule has 2 heterocycles. The number of rotatable bonds is 3. The minimum absolute atomic E-state index is 0.0301. The van der Waals surface area contributed by atoms with Crippen LogP contribution in [0.4, 0.5) is 0 Å². The molecule has 19 heavy (non-hydrogen) atoms. The number of amides is 2. The van der Waals surface area contributed by atoms with E-state index < -0.39 is 0 Å². The first-order valence-electron chi connectivity index (χ1n) is 6.22. The van der Waals surface area contributed by atoms with E-state index in [-0.39, 0.29) is 30.5 Å². The summed E-state index contributed by atoms with van der Waals surface area (Å²) in [5, 5.41) is 13.9. The highest BCUT2D eigenvalue weighted by molar-refractivity contribution is 6.15. The Kier molecular flexibility index (Phi) is 10.5. The van der Waals surface area contributed by atoms with E-state index in [1.165, 1.54) is 6.38 Å². The van der Waals surface area contributed by atoms with Gasteiger partial charge in [0.2, 0.25) is 11.8 Å². The maximum Gasteiger partial charge on any atom is 0.220 e. The number of halogens is 1. The second-order valence-corrected chi connectivity index (χ2v) is 4.24. The molecule has 7 heteroatoms. The molecule has 2 fully saturated rings. The third-order valence-corrected chi connectivity index (χ3v) is 2.76. The molecule has 2 aliphatic rings. The molecule has 112 valence electrons. The lowest BCUT2D eigenvalue weighted by atomic mass is 10.2. The molecule has 0 aromatic rings. The fraction of sp³-hybridized carbons (Fsp3) is 0.833. The van der Waals surface area contributed by atoms with Crippen LogP contribution in [0.15, 0.2) is 0 Å². The number of aliphatic hydroxyl groups is 1. The van der Waals surface area contributed by atoms with Gasteiger partial charge in [-0.1, -0.05) is 0 Å². The van der Waals surface area contributed by atoms with Crippen molar-refractivity contribution in [2.45, 2.75) is 37.8 Å². The Hall–Kier alpha value is -0.850. The average Bonchev–Trinajstić information content (AvgIpc) is 3.02. The smallest absolute Gasteiger partial charge is 0.220 e. The van der Waals surface area contributed by atoms with Gasteiger partial charge in [-0.25, -0.2) is 0 Å². The van der Waals surface area contributed by atoms with Gasteiger partial charge in [-0.3, -0.25) is 9.59 Å². The van der Waals surface area contributed by atoms with Crippen LogP contribution in [-0.4, -0.2) is 55.7 Å². The molecule has 2 amide bonds. The average molecular weight is 295 g/mol. The van der Waals surface area contributed by atoms with Gasteiger partial charge in [0.1, 0.15) is 0 Å². The molecule has 2 atom stereocenters. The maximum absolute atomic E-state index is 10.6. The van der Waals surface area contributed by atoms with Crippen LogP contribution in [0.1, 0.15) is 25.7 Å². The second kappa shape index (κ2) is 11.0. The summed E-state index contributed by atoms with van der Waals surface area (Å²) in [6.07, 6.45) is 4.42. The monoisotopic (exact) mass is 294 g/mol. The molecule has 0 aromatic carbocycles. The summed E-state index contributed by atoms with van der Waals surface area (Å²) in [4.78, 5) is 21.0. The van der Waals surface area contributed by atoms with Gasteiger partial charge in [0.25, 0.3) is 0 Å². The van der Waals surface area contributed by atoms with Gasteiger partial charge >= 0.3 is 0 Å². The van der Waals surface area contributed by atoms with Crippen molar-refractivity contribution in [2.75, 3.05) is 26.7 Å². The first-order valence-corrected chi connectivity index (χ1v) is 6.97. The number of carbonyl (C=O) groups excluding carboxylic acids is 2. The number of carbonyl (C=O) groups is 2. The van der Waals surface area contributed by atoms with Crippen molar-refractivity contribution >= 4 is 23.4 Å². The van der Waals surface area contributed by atoms with Gasteiger partial charge in [-0.15, -0.1) is 11.6 Å². The molecule has 2 rings (SSSR count). The van der Waals surface area contributed by atoms with Crippen molar-refractivity contribution in [3.8, 4) is 0 Å². The standard InChI is InChI=1S/C6H11NO2.C5H9NO2.CH3Cl/c1-9-4-5-2-3-6(8)7-5;7-3-4-1-2-5(8)6-4;1-2/h5H,2-4H2,1H3,(H,7,8);4,7H,1-3H2,(H,6,8);1H3/t5-;4-;/m11./s1. The number of hydrogen-bond acceptors (Lipinski definition) is 4. The molecule has 0 unspecified atom stereocenters. The lowest BCUT2D eigenvalue weighted by molar-refractivity contribution is -0.120. The van der Waals surface area contributed by atoms with Gasteiger partial charge in [-0.05, 0) is 12.8 Å². The molecule has 0 aromatic heterocycles. The highest BCUT2D eigenvalue weighted by atomic mass is 35.5. The van der Waals surface area contributed by atoms with Crippen molar-refractivity contribution < 1.29 is 19.4 Å². The number of ether oxygens (including phenoxy) is 1. The fourth-order valence-corrected chi connectivity index (χ4v) is 1.82. The number of alkyl halides is 1. The minimum atomic E-state index is 0.0301. The topological polar surface area (TPSA) is 87.7 Å². The summed E-state index contributed by atoms with van der Waals surface area (Å²) in [6.45, 7) is 0.720. The Morgan fingerprint density at radius 1 is 1.16 bits per heavy atom. The van der Waals surface area contributed by atoms with Crippen LogP contribution < -0.4 is 10.6 Å². The Morgan fingerprint density at radius 2 is 1.63 bits per heavy atom. The Labute approximate surface area is 118 Å². The van der Waals surface area contributed by atoms with Crippen molar-refractivity contribution in [3.05, 3.63) is 0 Å². The summed E-state index contributed by atoms with van der Waals surface area (Å²) >= 11 is 4.64. The summed E-state index contributed by atoms with van der Waals surface area (Å²) < 4.78 is 4.86. The lowest BCUT2D eigenvalue weighted by Gasteiger charge is -2.05. The molecule has 3 N–H and O–H groups in total. The first kappa shape index (κ1) is 18.1. The molecule has 0 bridgehead atoms. The van der Waals surface area contributed by atoms with Crippen LogP contribution in [0.5, 0.6) is 0 Å². The third kappa shape index (κ3) is 8.02. The summed E-state index contributed by atoms with van der Waals surface area (Å²) in [6, 6.07) is 0.296. The highest BCUT2D eigenvalue weighted by Crippen LogP contribution is 2.05. The molecular formula is C12H23ClN2O4. The third-order valence-electron chi connectivity index (χ3n) is 2.76. The number of methoxy groups -OCH3 is 1. The van der Waals surface area contributed by atoms with Crippen LogP contribution >= 0.6 is 11.6 Å². The van der Waals surface area contributed by atoms with E-state index in [4.69, 9.17) is 9.84 Å². The molecular weight excluding hydrogens is 272 g/mol. The SMILES string of the molecule is CCl.COC[C@H]1CCC(=O)N1.O=C1CC[C@H](CO)N1. The number of aliphatic hydroxyl groups excluding tert-OH is 1. The van der Waals surface area contributed by atoms with Gasteiger partial charge in [-0.2, -0.15) is 0 Å². The van der Waals surface area contributed by atoms with Crippen LogP contribution in [-0.2, 0) is 14.3 Å². The number of nitrogens with one attached hydrogen (secondary N) is 2. The van der Waals surface area contributed by atoms with E-state index >= 15 is 0 Å². The second-order valence-electron chi connectivity index (χ2n) is 4.24. The fourth-order valence-electron chi connectivity index (χ4n) is 1.82. The van der Waals surface area contributed by atoms with E-state index in [9.17, 15) is 9.59 Å². The van der Waals surface area contributed by atoms with Crippen molar-refractivity contribution in [1.29, 1.82) is 0 Å². The van der Waals surface area contributed by atoms with Crippen molar-refractivity contribution in [1.82, 2.24) is 10.6 Å². The first-order chi connectivity index (χ1) is 9.15. The van der Waals surface area contributed by atoms with Gasteiger partial charge in [0.15, 0.2) is 0 Å². The van der Waals surface area contributed by atoms with Crippen LogP contribution in [0, 0.1) is 0 Å². The van der Waals surface area contributed by atoms with E-state index in [1.54, 1.807) is 7.11 Å². The van der Waals surface area contributed by atoms with Gasteiger partial charge in [0, 0.05) is 26.3 Å². The molecule has 6 nitrogen and oxygen atoms in total. The number of hydrogen-bond donors (Lipinski definition) is 3. The minimum Gasteiger partial charge on any atom is -0.394 e. The van der Waals surface area contributed by atoms with Gasteiger partial charge in [0.05, 0.1) is 25.3 Å². The predicted molar refractivity (Wildman–Crippen MR) is 73.1 cm³/mol. The van der Waals surface area contributed by atoms with E-state index in [0.717, 1.165) is 12.8 Å². The molecule has 0 spiro atoms. The molecule has 2 aliphatic heterocycles. The molecule has 2 saturated heterocycles. The van der Waals surface area contributed by atoms with Crippen molar-refractivity contribution in [3.63, 3.8) is 0 Å². The Morgan fingerprint density at radius 3 is 1.89 bits per heavy atom. The quantitative estimate of drug-likeness (QED) is 0.641. The summed E-state index contributed by atoms with van der Waals surface area (Å²) in [5.41, 5.74) is 0. The van der Waals surface area contributed by atoms with Crippen LogP contribution in [0.25, 0.3) is 0 Å². The highest BCUT2D eigenvalue weighted by Gasteiger charge is 2.19. The maximum atomic E-state index is 10.6. The largest absolute Gasteiger partial charge is 0.394 e. The zero-order chi connectivity index (χ0) is 14.7. The molecule has 0 saturated carbocycles. The summed E-state index contributed by atoms with van der Waals surface area (Å²) in [5.74, 6) is 0.209. The molecule has 0 aliphatic carbocycles. The zero-order valence-corrected chi connectivity index (χ0v) is 12.2.